The molecule has 3 nitrogen and oxygen atoms in total. The summed E-state index contributed by atoms with van der Waals surface area (Å²) in [5, 5.41) is 15.1. The third-order valence-corrected chi connectivity index (χ3v) is 4.61. The van der Waals surface area contributed by atoms with E-state index in [9.17, 15) is 5.11 Å². The van der Waals surface area contributed by atoms with Crippen molar-refractivity contribution in [1.29, 1.82) is 0 Å². The normalized spacial score (nSPS) is 12.5. The molecular formula is C20H24N2O. The van der Waals surface area contributed by atoms with Crippen LogP contribution in [0.15, 0.2) is 48.5 Å². The van der Waals surface area contributed by atoms with Gasteiger partial charge in [0.25, 0.3) is 0 Å². The molecule has 1 heterocycles. The van der Waals surface area contributed by atoms with Crippen molar-refractivity contribution in [2.24, 2.45) is 0 Å². The second-order valence-corrected chi connectivity index (χ2v) is 6.19. The second-order valence-electron chi connectivity index (χ2n) is 6.19. The third kappa shape index (κ3) is 3.10. The van der Waals surface area contributed by atoms with E-state index in [1.165, 1.54) is 27.7 Å². The zero-order chi connectivity index (χ0) is 16.4. The zero-order valence-corrected chi connectivity index (χ0v) is 14.0. The van der Waals surface area contributed by atoms with Crippen LogP contribution in [0.1, 0.15) is 16.8 Å². The SMILES string of the molecule is Cc1ccccc1NC[C@H](O)Cn1c(C)c(C)c2ccccc21. The molecule has 0 aliphatic carbocycles. The Kier molecular flexibility index (Phi) is 4.39. The number of benzene rings is 2. The Balaban J connectivity index is 1.75. The lowest BCUT2D eigenvalue weighted by Crippen LogP contribution is -2.25. The summed E-state index contributed by atoms with van der Waals surface area (Å²) >= 11 is 0. The van der Waals surface area contributed by atoms with Crippen molar-refractivity contribution in [2.75, 3.05) is 11.9 Å². The molecule has 0 unspecified atom stereocenters. The molecule has 3 heteroatoms. The smallest absolute Gasteiger partial charge is 0.0891 e. The predicted octanol–water partition coefficient (Wildman–Crippen LogP) is 4.04. The topological polar surface area (TPSA) is 37.2 Å². The first-order chi connectivity index (χ1) is 11.1. The molecule has 0 aliphatic rings. The van der Waals surface area contributed by atoms with E-state index in [4.69, 9.17) is 0 Å². The van der Waals surface area contributed by atoms with E-state index in [2.05, 4.69) is 61.0 Å². The molecule has 2 N–H and O–H groups in total. The van der Waals surface area contributed by atoms with Crippen LogP contribution in [-0.2, 0) is 6.54 Å². The van der Waals surface area contributed by atoms with E-state index in [0.717, 1.165) is 5.69 Å². The summed E-state index contributed by atoms with van der Waals surface area (Å²) in [5.74, 6) is 0. The molecule has 0 aliphatic heterocycles. The van der Waals surface area contributed by atoms with Gasteiger partial charge in [0.2, 0.25) is 0 Å². The Bertz CT molecular complexity index is 820. The Morgan fingerprint density at radius 1 is 1.00 bits per heavy atom. The lowest BCUT2D eigenvalue weighted by atomic mass is 10.2. The van der Waals surface area contributed by atoms with Gasteiger partial charge in [0.15, 0.2) is 0 Å². The van der Waals surface area contributed by atoms with E-state index >= 15 is 0 Å². The average Bonchev–Trinajstić information content (AvgIpc) is 2.80. The standard InChI is InChI=1S/C20H24N2O/c1-14-8-4-6-10-19(14)21-12-17(23)13-22-16(3)15(2)18-9-5-7-11-20(18)22/h4-11,17,21,23H,12-13H2,1-3H3/t17-/m0/s1. The summed E-state index contributed by atoms with van der Waals surface area (Å²) in [7, 11) is 0. The fraction of sp³-hybridized carbons (Fsp3) is 0.300. The molecule has 0 spiro atoms. The first-order valence-electron chi connectivity index (χ1n) is 8.10. The van der Waals surface area contributed by atoms with Gasteiger partial charge in [-0.1, -0.05) is 36.4 Å². The number of nitrogens with one attached hydrogen (secondary N) is 1. The van der Waals surface area contributed by atoms with E-state index in [-0.39, 0.29) is 0 Å². The first-order valence-corrected chi connectivity index (χ1v) is 8.10. The van der Waals surface area contributed by atoms with Crippen molar-refractivity contribution in [2.45, 2.75) is 33.4 Å². The van der Waals surface area contributed by atoms with Crippen molar-refractivity contribution in [1.82, 2.24) is 4.57 Å². The van der Waals surface area contributed by atoms with Gasteiger partial charge in [0.1, 0.15) is 0 Å². The molecule has 0 amide bonds. The molecule has 1 atom stereocenters. The van der Waals surface area contributed by atoms with Crippen molar-refractivity contribution >= 4 is 16.6 Å². The number of fused-ring (bicyclic) bond motifs is 1. The highest BCUT2D eigenvalue weighted by molar-refractivity contribution is 5.85. The number of hydrogen-bond donors (Lipinski definition) is 2. The highest BCUT2D eigenvalue weighted by Gasteiger charge is 2.13. The van der Waals surface area contributed by atoms with Crippen LogP contribution in [0.25, 0.3) is 10.9 Å². The number of rotatable bonds is 5. The van der Waals surface area contributed by atoms with Crippen LogP contribution < -0.4 is 5.32 Å². The van der Waals surface area contributed by atoms with Crippen molar-refractivity contribution < 1.29 is 5.11 Å². The Hall–Kier alpha value is -2.26. The molecule has 23 heavy (non-hydrogen) atoms. The summed E-state index contributed by atoms with van der Waals surface area (Å²) < 4.78 is 2.22. The Morgan fingerprint density at radius 2 is 1.70 bits per heavy atom. The third-order valence-electron chi connectivity index (χ3n) is 4.61. The summed E-state index contributed by atoms with van der Waals surface area (Å²) in [4.78, 5) is 0. The lowest BCUT2D eigenvalue weighted by molar-refractivity contribution is 0.167. The lowest BCUT2D eigenvalue weighted by Gasteiger charge is -2.17. The summed E-state index contributed by atoms with van der Waals surface area (Å²) in [5.41, 5.74) is 5.98. The van der Waals surface area contributed by atoms with Crippen molar-refractivity contribution in [3.8, 4) is 0 Å². The van der Waals surface area contributed by atoms with Crippen LogP contribution >= 0.6 is 0 Å². The zero-order valence-electron chi connectivity index (χ0n) is 14.0. The van der Waals surface area contributed by atoms with Gasteiger partial charge in [-0.25, -0.2) is 0 Å². The highest BCUT2D eigenvalue weighted by atomic mass is 16.3. The highest BCUT2D eigenvalue weighted by Crippen LogP contribution is 2.25. The number of aromatic nitrogens is 1. The van der Waals surface area contributed by atoms with E-state index in [0.29, 0.717) is 13.1 Å². The van der Waals surface area contributed by atoms with Crippen LogP contribution in [0.4, 0.5) is 5.69 Å². The van der Waals surface area contributed by atoms with Crippen molar-refractivity contribution in [3.05, 3.63) is 65.4 Å². The number of aryl methyl sites for hydroxylation is 2. The van der Waals surface area contributed by atoms with Crippen molar-refractivity contribution in [3.63, 3.8) is 0 Å². The molecule has 3 rings (SSSR count). The summed E-state index contributed by atoms with van der Waals surface area (Å²) in [6.07, 6.45) is -0.441. The van der Waals surface area contributed by atoms with E-state index in [1.54, 1.807) is 0 Å². The number of anilines is 1. The van der Waals surface area contributed by atoms with E-state index in [1.807, 2.05) is 18.2 Å². The maximum absolute atomic E-state index is 10.5. The number of para-hydroxylation sites is 2. The fourth-order valence-electron chi connectivity index (χ4n) is 3.11. The van der Waals surface area contributed by atoms with Crippen LogP contribution in [0, 0.1) is 20.8 Å². The van der Waals surface area contributed by atoms with E-state index < -0.39 is 6.10 Å². The van der Waals surface area contributed by atoms with Gasteiger partial charge in [-0.3, -0.25) is 0 Å². The number of aliphatic hydroxyl groups excluding tert-OH is 1. The molecule has 0 saturated carbocycles. The maximum atomic E-state index is 10.5. The molecule has 0 bridgehead atoms. The van der Waals surface area contributed by atoms with Gasteiger partial charge in [0, 0.05) is 28.8 Å². The summed E-state index contributed by atoms with van der Waals surface area (Å²) in [6.45, 7) is 7.47. The summed E-state index contributed by atoms with van der Waals surface area (Å²) in [6, 6.07) is 16.5. The van der Waals surface area contributed by atoms with Gasteiger partial charge in [-0.2, -0.15) is 0 Å². The van der Waals surface area contributed by atoms with Crippen LogP contribution in [0.3, 0.4) is 0 Å². The van der Waals surface area contributed by atoms with Gasteiger partial charge >= 0.3 is 0 Å². The van der Waals surface area contributed by atoms with Gasteiger partial charge in [-0.15, -0.1) is 0 Å². The molecule has 0 saturated heterocycles. The minimum atomic E-state index is -0.441. The minimum Gasteiger partial charge on any atom is -0.389 e. The average molecular weight is 308 g/mol. The Labute approximate surface area is 137 Å². The number of hydrogen-bond acceptors (Lipinski definition) is 2. The number of nitrogens with zero attached hydrogens (tertiary/aromatic N) is 1. The van der Waals surface area contributed by atoms with Gasteiger partial charge in [-0.05, 0) is 44.0 Å². The Morgan fingerprint density at radius 3 is 2.48 bits per heavy atom. The predicted molar refractivity (Wildman–Crippen MR) is 97.1 cm³/mol. The second kappa shape index (κ2) is 6.47. The van der Waals surface area contributed by atoms with Crippen LogP contribution in [-0.4, -0.2) is 22.3 Å². The molecule has 0 fully saturated rings. The molecule has 3 aromatic rings. The molecule has 0 radical (unpaired) electrons. The monoisotopic (exact) mass is 308 g/mol. The molecular weight excluding hydrogens is 284 g/mol. The molecule has 1 aromatic heterocycles. The minimum absolute atomic E-state index is 0.441. The molecule has 120 valence electrons. The van der Waals surface area contributed by atoms with Gasteiger partial charge in [0.05, 0.1) is 12.6 Å². The number of aliphatic hydroxyl groups is 1. The quantitative estimate of drug-likeness (QED) is 0.746. The fourth-order valence-corrected chi connectivity index (χ4v) is 3.11. The largest absolute Gasteiger partial charge is 0.389 e. The molecule has 2 aromatic carbocycles. The first kappa shape index (κ1) is 15.6. The maximum Gasteiger partial charge on any atom is 0.0891 e. The van der Waals surface area contributed by atoms with Gasteiger partial charge < -0.3 is 15.0 Å². The van der Waals surface area contributed by atoms with Crippen LogP contribution in [0.2, 0.25) is 0 Å². The van der Waals surface area contributed by atoms with Crippen LogP contribution in [0.5, 0.6) is 0 Å².